The SMILES string of the molecule is Cn1cc(Nc2ncc(C=N)c(NCc3cc(N4CCOCC4)cc(F)c3F)n2)cn1.[HH]. The number of rotatable bonds is 7. The number of nitrogens with one attached hydrogen (secondary N) is 3. The van der Waals surface area contributed by atoms with Crippen LogP contribution in [-0.2, 0) is 18.3 Å². The van der Waals surface area contributed by atoms with Crippen molar-refractivity contribution in [2.45, 2.75) is 6.54 Å². The molecule has 0 spiro atoms. The number of ether oxygens (including phenoxy) is 1. The van der Waals surface area contributed by atoms with Gasteiger partial charge in [0.05, 0.1) is 30.7 Å². The molecule has 4 rings (SSSR count). The molecule has 1 aromatic carbocycles. The van der Waals surface area contributed by atoms with E-state index < -0.39 is 11.6 Å². The number of aryl methyl sites for hydroxylation is 1. The summed E-state index contributed by atoms with van der Waals surface area (Å²) in [5.41, 5.74) is 1.88. The highest BCUT2D eigenvalue weighted by atomic mass is 19.2. The van der Waals surface area contributed by atoms with E-state index in [-0.39, 0.29) is 19.5 Å². The van der Waals surface area contributed by atoms with E-state index in [1.165, 1.54) is 12.3 Å². The van der Waals surface area contributed by atoms with Crippen molar-refractivity contribution in [3.63, 3.8) is 0 Å². The number of aromatic nitrogens is 4. The van der Waals surface area contributed by atoms with Crippen molar-refractivity contribution < 1.29 is 14.9 Å². The fourth-order valence-electron chi connectivity index (χ4n) is 3.26. The highest BCUT2D eigenvalue weighted by molar-refractivity contribution is 5.84. The van der Waals surface area contributed by atoms with Crippen LogP contribution in [0.4, 0.5) is 31.9 Å². The van der Waals surface area contributed by atoms with Crippen LogP contribution in [0.5, 0.6) is 0 Å². The van der Waals surface area contributed by atoms with Crippen LogP contribution in [0, 0.1) is 17.0 Å². The highest BCUT2D eigenvalue weighted by Gasteiger charge is 2.17. The first-order valence-corrected chi connectivity index (χ1v) is 9.71. The second kappa shape index (κ2) is 9.04. The molecule has 0 bridgehead atoms. The number of morpholine rings is 1. The van der Waals surface area contributed by atoms with Gasteiger partial charge in [0.2, 0.25) is 5.95 Å². The van der Waals surface area contributed by atoms with E-state index in [0.717, 1.165) is 6.21 Å². The minimum Gasteiger partial charge on any atom is -0.378 e. The van der Waals surface area contributed by atoms with E-state index in [0.29, 0.717) is 49.1 Å². The quantitative estimate of drug-likeness (QED) is 0.495. The molecule has 1 aliphatic heterocycles. The molecule has 11 heteroatoms. The van der Waals surface area contributed by atoms with Gasteiger partial charge in [0.25, 0.3) is 0 Å². The van der Waals surface area contributed by atoms with Crippen molar-refractivity contribution in [3.05, 3.63) is 53.5 Å². The highest BCUT2D eigenvalue weighted by Crippen LogP contribution is 2.24. The lowest BCUT2D eigenvalue weighted by molar-refractivity contribution is 0.122. The van der Waals surface area contributed by atoms with Crippen molar-refractivity contribution in [2.24, 2.45) is 7.05 Å². The lowest BCUT2D eigenvalue weighted by Crippen LogP contribution is -2.36. The van der Waals surface area contributed by atoms with Gasteiger partial charge in [-0.1, -0.05) is 0 Å². The zero-order chi connectivity index (χ0) is 21.8. The number of halogens is 2. The minimum atomic E-state index is -0.913. The summed E-state index contributed by atoms with van der Waals surface area (Å²) in [6, 6.07) is 2.82. The first-order chi connectivity index (χ1) is 15.0. The van der Waals surface area contributed by atoms with Crippen LogP contribution in [0.25, 0.3) is 0 Å². The van der Waals surface area contributed by atoms with Crippen LogP contribution >= 0.6 is 0 Å². The first kappa shape index (κ1) is 20.7. The summed E-state index contributed by atoms with van der Waals surface area (Å²) in [7, 11) is 1.79. The van der Waals surface area contributed by atoms with Crippen molar-refractivity contribution in [3.8, 4) is 0 Å². The van der Waals surface area contributed by atoms with Gasteiger partial charge in [-0.2, -0.15) is 10.1 Å². The molecule has 1 saturated heterocycles. The summed E-state index contributed by atoms with van der Waals surface area (Å²) < 4.78 is 35.6. The average molecular weight is 430 g/mol. The average Bonchev–Trinajstić information content (AvgIpc) is 3.19. The Bertz CT molecular complexity index is 1090. The van der Waals surface area contributed by atoms with Crippen LogP contribution in [-0.4, -0.2) is 52.3 Å². The molecule has 0 unspecified atom stereocenters. The van der Waals surface area contributed by atoms with Gasteiger partial charge >= 0.3 is 0 Å². The fourth-order valence-corrected chi connectivity index (χ4v) is 3.26. The zero-order valence-electron chi connectivity index (χ0n) is 16.9. The molecule has 9 nitrogen and oxygen atoms in total. The number of hydrogen-bond acceptors (Lipinski definition) is 8. The molecule has 1 fully saturated rings. The number of hydrogen-bond donors (Lipinski definition) is 3. The summed E-state index contributed by atoms with van der Waals surface area (Å²) in [6.07, 6.45) is 5.95. The largest absolute Gasteiger partial charge is 0.378 e. The Hall–Kier alpha value is -3.60. The standard InChI is InChI=1S/C20H22F2N8O.H2/c1-29-12-15(11-26-29)27-20-25-10-14(8-23)19(28-20)24-9-13-6-16(7-17(21)18(13)22)30-2-4-31-5-3-30;/h6-8,10-12,23H,2-5,9H2,1H3,(H2,24,25,27,28);1H. The van der Waals surface area contributed by atoms with E-state index in [1.807, 2.05) is 4.90 Å². The van der Waals surface area contributed by atoms with Gasteiger partial charge in [-0.25, -0.2) is 13.8 Å². The van der Waals surface area contributed by atoms with Gasteiger partial charge in [0, 0.05) is 64.0 Å². The third kappa shape index (κ3) is 4.77. The van der Waals surface area contributed by atoms with Gasteiger partial charge in [0.1, 0.15) is 5.82 Å². The van der Waals surface area contributed by atoms with Gasteiger partial charge < -0.3 is 25.7 Å². The molecule has 3 heterocycles. The third-order valence-corrected chi connectivity index (χ3v) is 4.84. The Morgan fingerprint density at radius 1 is 1.26 bits per heavy atom. The van der Waals surface area contributed by atoms with E-state index in [1.54, 1.807) is 30.2 Å². The monoisotopic (exact) mass is 430 g/mol. The van der Waals surface area contributed by atoms with Crippen LogP contribution < -0.4 is 15.5 Å². The molecular weight excluding hydrogens is 406 g/mol. The Labute approximate surface area is 179 Å². The smallest absolute Gasteiger partial charge is 0.229 e. The number of anilines is 4. The van der Waals surface area contributed by atoms with E-state index >= 15 is 0 Å². The molecule has 0 amide bonds. The Balaban J connectivity index is 0.00000289. The lowest BCUT2D eigenvalue weighted by atomic mass is 10.1. The molecule has 0 saturated carbocycles. The molecule has 1 aliphatic rings. The molecule has 3 N–H and O–H groups in total. The predicted molar refractivity (Wildman–Crippen MR) is 115 cm³/mol. The molecule has 3 aromatic rings. The van der Waals surface area contributed by atoms with Crippen molar-refractivity contribution in [2.75, 3.05) is 41.8 Å². The molecule has 0 radical (unpaired) electrons. The molecule has 0 atom stereocenters. The first-order valence-electron chi connectivity index (χ1n) is 9.71. The summed E-state index contributed by atoms with van der Waals surface area (Å²) in [5.74, 6) is -1.21. The minimum absolute atomic E-state index is 0. The van der Waals surface area contributed by atoms with Crippen LogP contribution in [0.1, 0.15) is 12.6 Å². The van der Waals surface area contributed by atoms with Crippen LogP contribution in [0.3, 0.4) is 0 Å². The molecular formula is C20H24F2N8O. The van der Waals surface area contributed by atoms with E-state index in [9.17, 15) is 8.78 Å². The number of nitrogens with zero attached hydrogens (tertiary/aromatic N) is 5. The third-order valence-electron chi connectivity index (χ3n) is 4.84. The van der Waals surface area contributed by atoms with Gasteiger partial charge in [-0.05, 0) is 6.07 Å². The summed E-state index contributed by atoms with van der Waals surface area (Å²) in [4.78, 5) is 10.5. The summed E-state index contributed by atoms with van der Waals surface area (Å²) >= 11 is 0. The van der Waals surface area contributed by atoms with Crippen molar-refractivity contribution in [1.82, 2.24) is 19.7 Å². The Kier molecular flexibility index (Phi) is 6.03. The van der Waals surface area contributed by atoms with Crippen LogP contribution in [0.15, 0.2) is 30.7 Å². The second-order valence-electron chi connectivity index (χ2n) is 7.02. The second-order valence-corrected chi connectivity index (χ2v) is 7.02. The predicted octanol–water partition coefficient (Wildman–Crippen LogP) is 2.92. The summed E-state index contributed by atoms with van der Waals surface area (Å²) in [5, 5.41) is 17.7. The fraction of sp³-hybridized carbons (Fsp3) is 0.300. The lowest BCUT2D eigenvalue weighted by Gasteiger charge is -2.29. The molecule has 2 aromatic heterocycles. The Morgan fingerprint density at radius 3 is 2.77 bits per heavy atom. The van der Waals surface area contributed by atoms with Crippen LogP contribution in [0.2, 0.25) is 0 Å². The molecule has 164 valence electrons. The van der Waals surface area contributed by atoms with E-state index in [2.05, 4.69) is 25.7 Å². The number of benzene rings is 1. The maximum Gasteiger partial charge on any atom is 0.229 e. The summed E-state index contributed by atoms with van der Waals surface area (Å²) in [6.45, 7) is 2.31. The van der Waals surface area contributed by atoms with Gasteiger partial charge in [-0.15, -0.1) is 0 Å². The van der Waals surface area contributed by atoms with E-state index in [4.69, 9.17) is 10.1 Å². The zero-order valence-corrected chi connectivity index (χ0v) is 16.9. The normalized spacial score (nSPS) is 13.8. The Morgan fingerprint density at radius 2 is 2.06 bits per heavy atom. The maximum atomic E-state index is 14.4. The molecule has 0 aliphatic carbocycles. The topological polar surface area (TPSA) is 104 Å². The van der Waals surface area contributed by atoms with Crippen molar-refractivity contribution in [1.29, 1.82) is 5.41 Å². The van der Waals surface area contributed by atoms with Gasteiger partial charge in [0.15, 0.2) is 11.6 Å². The van der Waals surface area contributed by atoms with Gasteiger partial charge in [-0.3, -0.25) is 4.68 Å². The molecule has 31 heavy (non-hydrogen) atoms. The maximum absolute atomic E-state index is 14.4. The van der Waals surface area contributed by atoms with Crippen molar-refractivity contribution >= 4 is 29.4 Å².